The third-order valence-corrected chi connectivity index (χ3v) is 3.77. The molecule has 1 heterocycles. The van der Waals surface area contributed by atoms with Crippen LogP contribution in [0.2, 0.25) is 0 Å². The summed E-state index contributed by atoms with van der Waals surface area (Å²) in [5.74, 6) is 0. The molecule has 0 aliphatic heterocycles. The smallest absolute Gasteiger partial charge is 0.268 e. The standard InChI is InChI=1S/C15H29N5O/c1-5-18(4)14-12-15(21)20(17-13-14)11-9-16-8-10-19(6-2)7-3/h12-13,16H,5-11H2,1-4H3. The van der Waals surface area contributed by atoms with Crippen LogP contribution in [0.3, 0.4) is 0 Å². The van der Waals surface area contributed by atoms with Crippen LogP contribution in [0, 0.1) is 0 Å². The fraction of sp³-hybridized carbons (Fsp3) is 0.733. The molecule has 21 heavy (non-hydrogen) atoms. The summed E-state index contributed by atoms with van der Waals surface area (Å²) in [5, 5.41) is 7.58. The van der Waals surface area contributed by atoms with Crippen molar-refractivity contribution in [2.45, 2.75) is 27.3 Å². The summed E-state index contributed by atoms with van der Waals surface area (Å²) in [6.07, 6.45) is 1.75. The average Bonchev–Trinajstić information content (AvgIpc) is 2.51. The largest absolute Gasteiger partial charge is 0.373 e. The number of aromatic nitrogens is 2. The van der Waals surface area contributed by atoms with Crippen molar-refractivity contribution in [1.82, 2.24) is 20.0 Å². The molecule has 1 aromatic rings. The number of anilines is 1. The second kappa shape index (κ2) is 9.52. The Morgan fingerprint density at radius 1 is 1.19 bits per heavy atom. The van der Waals surface area contributed by atoms with Gasteiger partial charge in [0, 0.05) is 39.3 Å². The monoisotopic (exact) mass is 295 g/mol. The van der Waals surface area contributed by atoms with E-state index in [-0.39, 0.29) is 5.56 Å². The number of nitrogens with zero attached hydrogens (tertiary/aromatic N) is 4. The van der Waals surface area contributed by atoms with E-state index in [0.29, 0.717) is 6.54 Å². The first-order valence-electron chi connectivity index (χ1n) is 7.83. The molecule has 1 rings (SSSR count). The molecule has 0 unspecified atom stereocenters. The lowest BCUT2D eigenvalue weighted by atomic mass is 10.4. The lowest BCUT2D eigenvalue weighted by Gasteiger charge is -2.18. The van der Waals surface area contributed by atoms with Gasteiger partial charge < -0.3 is 15.1 Å². The van der Waals surface area contributed by atoms with E-state index in [1.165, 1.54) is 4.68 Å². The van der Waals surface area contributed by atoms with Gasteiger partial charge in [-0.15, -0.1) is 0 Å². The molecule has 1 aromatic heterocycles. The number of hydrogen-bond acceptors (Lipinski definition) is 5. The normalized spacial score (nSPS) is 11.1. The van der Waals surface area contributed by atoms with Gasteiger partial charge in [-0.3, -0.25) is 4.79 Å². The van der Waals surface area contributed by atoms with Crippen molar-refractivity contribution in [2.75, 3.05) is 51.2 Å². The lowest BCUT2D eigenvalue weighted by Crippen LogP contribution is -2.35. The van der Waals surface area contributed by atoms with Gasteiger partial charge >= 0.3 is 0 Å². The molecule has 0 spiro atoms. The highest BCUT2D eigenvalue weighted by Crippen LogP contribution is 2.05. The third kappa shape index (κ3) is 5.85. The van der Waals surface area contributed by atoms with Crippen molar-refractivity contribution in [1.29, 1.82) is 0 Å². The van der Waals surface area contributed by atoms with Gasteiger partial charge in [-0.2, -0.15) is 5.10 Å². The van der Waals surface area contributed by atoms with E-state index in [0.717, 1.165) is 45.0 Å². The maximum absolute atomic E-state index is 12.0. The molecule has 0 saturated heterocycles. The van der Waals surface area contributed by atoms with Gasteiger partial charge in [0.2, 0.25) is 0 Å². The zero-order valence-corrected chi connectivity index (χ0v) is 13.8. The van der Waals surface area contributed by atoms with Crippen LogP contribution in [-0.4, -0.2) is 61.0 Å². The van der Waals surface area contributed by atoms with Crippen LogP contribution in [0.25, 0.3) is 0 Å². The molecule has 0 radical (unpaired) electrons. The Labute approximate surface area is 127 Å². The van der Waals surface area contributed by atoms with Crippen LogP contribution in [-0.2, 0) is 6.54 Å². The molecule has 0 amide bonds. The molecule has 6 heteroatoms. The maximum Gasteiger partial charge on any atom is 0.268 e. The summed E-state index contributed by atoms with van der Waals surface area (Å²) < 4.78 is 1.51. The summed E-state index contributed by atoms with van der Waals surface area (Å²) in [7, 11) is 1.95. The SMILES string of the molecule is CCN(CC)CCNCCn1ncc(N(C)CC)cc1=O. The van der Waals surface area contributed by atoms with Gasteiger partial charge in [-0.1, -0.05) is 13.8 Å². The van der Waals surface area contributed by atoms with Gasteiger partial charge in [0.1, 0.15) is 0 Å². The maximum atomic E-state index is 12.0. The predicted molar refractivity (Wildman–Crippen MR) is 88.1 cm³/mol. The Morgan fingerprint density at radius 2 is 1.90 bits per heavy atom. The molecule has 0 aliphatic rings. The number of hydrogen-bond donors (Lipinski definition) is 1. The molecule has 0 bridgehead atoms. The van der Waals surface area contributed by atoms with E-state index in [4.69, 9.17) is 0 Å². The lowest BCUT2D eigenvalue weighted by molar-refractivity contribution is 0.301. The first-order valence-corrected chi connectivity index (χ1v) is 7.83. The summed E-state index contributed by atoms with van der Waals surface area (Å²) in [6, 6.07) is 1.65. The van der Waals surface area contributed by atoms with Gasteiger partial charge in [-0.25, -0.2) is 4.68 Å². The Balaban J connectivity index is 2.37. The fourth-order valence-corrected chi connectivity index (χ4v) is 2.07. The van der Waals surface area contributed by atoms with Crippen molar-refractivity contribution in [3.05, 3.63) is 22.6 Å². The van der Waals surface area contributed by atoms with E-state index < -0.39 is 0 Å². The average molecular weight is 295 g/mol. The van der Waals surface area contributed by atoms with E-state index in [1.54, 1.807) is 12.3 Å². The molecule has 0 atom stereocenters. The van der Waals surface area contributed by atoms with Gasteiger partial charge in [0.25, 0.3) is 5.56 Å². The first kappa shape index (κ1) is 17.7. The van der Waals surface area contributed by atoms with Crippen molar-refractivity contribution >= 4 is 5.69 Å². The van der Waals surface area contributed by atoms with Gasteiger partial charge in [0.05, 0.1) is 18.4 Å². The topological polar surface area (TPSA) is 53.4 Å². The summed E-state index contributed by atoms with van der Waals surface area (Å²) in [5.41, 5.74) is 0.826. The van der Waals surface area contributed by atoms with Gasteiger partial charge in [0.15, 0.2) is 0 Å². The molecule has 0 aromatic carbocycles. The van der Waals surface area contributed by atoms with E-state index in [9.17, 15) is 4.79 Å². The minimum Gasteiger partial charge on any atom is -0.373 e. The highest BCUT2D eigenvalue weighted by Gasteiger charge is 2.03. The van der Waals surface area contributed by atoms with E-state index in [1.807, 2.05) is 18.9 Å². The molecular formula is C15H29N5O. The van der Waals surface area contributed by atoms with Crippen LogP contribution in [0.5, 0.6) is 0 Å². The molecular weight excluding hydrogens is 266 g/mol. The zero-order valence-electron chi connectivity index (χ0n) is 13.8. The fourth-order valence-electron chi connectivity index (χ4n) is 2.07. The quantitative estimate of drug-likeness (QED) is 0.642. The van der Waals surface area contributed by atoms with Crippen molar-refractivity contribution < 1.29 is 0 Å². The van der Waals surface area contributed by atoms with E-state index >= 15 is 0 Å². The Kier molecular flexibility index (Phi) is 8.00. The van der Waals surface area contributed by atoms with Crippen molar-refractivity contribution in [3.63, 3.8) is 0 Å². The van der Waals surface area contributed by atoms with Crippen molar-refractivity contribution in [2.24, 2.45) is 0 Å². The predicted octanol–water partition coefficient (Wildman–Crippen LogP) is 0.631. The van der Waals surface area contributed by atoms with E-state index in [2.05, 4.69) is 29.2 Å². The van der Waals surface area contributed by atoms with Crippen LogP contribution >= 0.6 is 0 Å². The molecule has 1 N–H and O–H groups in total. The molecule has 0 aliphatic carbocycles. The zero-order chi connectivity index (χ0) is 15.7. The third-order valence-electron chi connectivity index (χ3n) is 3.77. The summed E-state index contributed by atoms with van der Waals surface area (Å²) in [4.78, 5) is 16.3. The van der Waals surface area contributed by atoms with Crippen LogP contribution in [0.15, 0.2) is 17.1 Å². The molecule has 120 valence electrons. The molecule has 6 nitrogen and oxygen atoms in total. The Hall–Kier alpha value is -1.40. The minimum absolute atomic E-state index is 0.0432. The molecule has 0 saturated carbocycles. The second-order valence-corrected chi connectivity index (χ2v) is 5.07. The highest BCUT2D eigenvalue weighted by molar-refractivity contribution is 5.41. The van der Waals surface area contributed by atoms with Gasteiger partial charge in [-0.05, 0) is 20.0 Å². The number of likely N-dealkylation sites (N-methyl/N-ethyl adjacent to an activating group) is 1. The van der Waals surface area contributed by atoms with Crippen LogP contribution < -0.4 is 15.8 Å². The first-order chi connectivity index (χ1) is 10.1. The number of rotatable bonds is 10. The Morgan fingerprint density at radius 3 is 2.48 bits per heavy atom. The second-order valence-electron chi connectivity index (χ2n) is 5.07. The highest BCUT2D eigenvalue weighted by atomic mass is 16.1. The van der Waals surface area contributed by atoms with Crippen molar-refractivity contribution in [3.8, 4) is 0 Å². The Bertz CT molecular complexity index is 456. The number of nitrogens with one attached hydrogen (secondary N) is 1. The minimum atomic E-state index is -0.0432. The van der Waals surface area contributed by atoms with Crippen LogP contribution in [0.1, 0.15) is 20.8 Å². The summed E-state index contributed by atoms with van der Waals surface area (Å²) in [6.45, 7) is 12.7. The summed E-state index contributed by atoms with van der Waals surface area (Å²) >= 11 is 0. The molecule has 0 fully saturated rings. The van der Waals surface area contributed by atoms with Crippen LogP contribution in [0.4, 0.5) is 5.69 Å².